The van der Waals surface area contributed by atoms with E-state index in [1.54, 1.807) is 0 Å². The van der Waals surface area contributed by atoms with Gasteiger partial charge in [0.05, 0.1) is 0 Å². The van der Waals surface area contributed by atoms with Crippen molar-refractivity contribution in [2.24, 2.45) is 0 Å². The lowest BCUT2D eigenvalue weighted by atomic mass is 10.0. The van der Waals surface area contributed by atoms with Gasteiger partial charge in [0.1, 0.15) is 13.2 Å². The van der Waals surface area contributed by atoms with E-state index in [4.69, 9.17) is 14.2 Å². The van der Waals surface area contributed by atoms with Crippen molar-refractivity contribution in [1.82, 2.24) is 0 Å². The maximum absolute atomic E-state index is 13.0. The molecule has 0 bridgehead atoms. The summed E-state index contributed by atoms with van der Waals surface area (Å²) >= 11 is 0. The number of carbonyl (C=O) groups is 3. The second-order valence-corrected chi connectivity index (χ2v) is 24.5. The fourth-order valence-corrected chi connectivity index (χ4v) is 10.8. The van der Waals surface area contributed by atoms with E-state index in [-0.39, 0.29) is 31.1 Å². The van der Waals surface area contributed by atoms with Gasteiger partial charge in [0.2, 0.25) is 0 Å². The normalized spacial score (nSPS) is 12.5. The summed E-state index contributed by atoms with van der Waals surface area (Å²) < 4.78 is 17.0. The van der Waals surface area contributed by atoms with E-state index < -0.39 is 6.10 Å². The first-order chi connectivity index (χ1) is 41.0. The number of hydrogen-bond acceptors (Lipinski definition) is 6. The molecule has 0 aromatic carbocycles. The molecule has 1 unspecified atom stereocenters. The van der Waals surface area contributed by atoms with E-state index in [0.717, 1.165) is 103 Å². The largest absolute Gasteiger partial charge is 0.462 e. The monoisotopic (exact) mass is 1160 g/mol. The predicted octanol–water partition coefficient (Wildman–Crippen LogP) is 25.2. The molecule has 6 nitrogen and oxygen atoms in total. The number of hydrogen-bond donors (Lipinski definition) is 0. The third-order valence-electron chi connectivity index (χ3n) is 16.2. The van der Waals surface area contributed by atoms with Gasteiger partial charge in [-0.2, -0.15) is 0 Å². The van der Waals surface area contributed by atoms with Crippen LogP contribution in [-0.2, 0) is 28.6 Å². The van der Waals surface area contributed by atoms with Crippen molar-refractivity contribution in [2.75, 3.05) is 13.2 Å². The molecule has 83 heavy (non-hydrogen) atoms. The van der Waals surface area contributed by atoms with Crippen LogP contribution in [0.5, 0.6) is 0 Å². The SMILES string of the molecule is CC/C=C\C/C=C\C/C=C\C/C=C\C/C=C\CCCCCCCCCC(=O)OC(COC(=O)CCCCCCC/C=C\CCCCCCCC)COC(=O)CCCCCCCCCCCCCCCCCCCCCCCCCCCCC. The maximum Gasteiger partial charge on any atom is 0.306 e. The zero-order valence-corrected chi connectivity index (χ0v) is 55.5. The third-order valence-corrected chi connectivity index (χ3v) is 16.2. The standard InChI is InChI=1S/C77H138O6/c1-4-7-10-13-16-19-22-25-28-30-32-34-36-37-38-39-41-42-44-46-49-52-55-58-61-64-67-70-76(79)82-73-74(72-81-75(78)69-66-63-60-57-54-51-48-27-24-21-18-15-12-9-6-3)83-77(80)71-68-65-62-59-56-53-50-47-45-43-40-35-33-31-29-26-23-20-17-14-11-8-5-2/h8,11,17,20,26-27,29,33,35,43,45,48,74H,4-7,9-10,12-16,18-19,21-25,28,30-32,34,36-42,44,46-47,49-73H2,1-3H3/b11-8-,20-17-,29-26-,35-33-,45-43-,48-27-. The van der Waals surface area contributed by atoms with Crippen LogP contribution in [0.4, 0.5) is 0 Å². The van der Waals surface area contributed by atoms with Crippen LogP contribution in [0.3, 0.4) is 0 Å². The molecule has 0 heterocycles. The van der Waals surface area contributed by atoms with Crippen LogP contribution in [0.25, 0.3) is 0 Å². The summed E-state index contributed by atoms with van der Waals surface area (Å²) in [6, 6.07) is 0. The predicted molar refractivity (Wildman–Crippen MR) is 362 cm³/mol. The summed E-state index contributed by atoms with van der Waals surface area (Å²) in [5, 5.41) is 0. The summed E-state index contributed by atoms with van der Waals surface area (Å²) in [4.78, 5) is 38.5. The Morgan fingerprint density at radius 1 is 0.253 bits per heavy atom. The second-order valence-electron chi connectivity index (χ2n) is 24.5. The fourth-order valence-electron chi connectivity index (χ4n) is 10.8. The van der Waals surface area contributed by atoms with Crippen LogP contribution in [0.15, 0.2) is 72.9 Å². The summed E-state index contributed by atoms with van der Waals surface area (Å²) in [6.45, 7) is 6.57. The lowest BCUT2D eigenvalue weighted by Crippen LogP contribution is -2.30. The van der Waals surface area contributed by atoms with Gasteiger partial charge in [0, 0.05) is 19.3 Å². The topological polar surface area (TPSA) is 78.9 Å². The highest BCUT2D eigenvalue weighted by molar-refractivity contribution is 5.71. The van der Waals surface area contributed by atoms with E-state index in [1.165, 1.54) is 238 Å². The van der Waals surface area contributed by atoms with E-state index in [0.29, 0.717) is 19.3 Å². The minimum Gasteiger partial charge on any atom is -0.462 e. The number of esters is 3. The van der Waals surface area contributed by atoms with Gasteiger partial charge in [-0.25, -0.2) is 0 Å². The zero-order chi connectivity index (χ0) is 59.9. The van der Waals surface area contributed by atoms with Crippen LogP contribution in [0.2, 0.25) is 0 Å². The molecular formula is C77H138O6. The van der Waals surface area contributed by atoms with Gasteiger partial charge in [-0.3, -0.25) is 14.4 Å². The average Bonchev–Trinajstić information content (AvgIpc) is 3.49. The van der Waals surface area contributed by atoms with Gasteiger partial charge in [0.15, 0.2) is 6.10 Å². The minimum absolute atomic E-state index is 0.0790. The van der Waals surface area contributed by atoms with Crippen molar-refractivity contribution in [3.8, 4) is 0 Å². The Morgan fingerprint density at radius 2 is 0.470 bits per heavy atom. The van der Waals surface area contributed by atoms with Crippen molar-refractivity contribution >= 4 is 17.9 Å². The molecule has 0 rings (SSSR count). The Morgan fingerprint density at radius 3 is 0.747 bits per heavy atom. The van der Waals surface area contributed by atoms with Crippen LogP contribution < -0.4 is 0 Å². The molecule has 0 saturated heterocycles. The molecule has 0 fully saturated rings. The summed E-state index contributed by atoms with van der Waals surface area (Å²) in [6.07, 6.45) is 93.7. The molecule has 0 spiro atoms. The van der Waals surface area contributed by atoms with Crippen LogP contribution in [0, 0.1) is 0 Å². The Kier molecular flexibility index (Phi) is 68.6. The number of ether oxygens (including phenoxy) is 3. The molecule has 0 aliphatic heterocycles. The van der Waals surface area contributed by atoms with Crippen LogP contribution >= 0.6 is 0 Å². The molecule has 0 N–H and O–H groups in total. The van der Waals surface area contributed by atoms with E-state index in [2.05, 4.69) is 93.7 Å². The zero-order valence-electron chi connectivity index (χ0n) is 55.5. The first kappa shape index (κ1) is 79.8. The summed E-state index contributed by atoms with van der Waals surface area (Å²) in [5.41, 5.74) is 0. The van der Waals surface area contributed by atoms with Gasteiger partial charge in [-0.15, -0.1) is 0 Å². The van der Waals surface area contributed by atoms with E-state index in [9.17, 15) is 14.4 Å². The summed E-state index contributed by atoms with van der Waals surface area (Å²) in [5.74, 6) is -0.876. The highest BCUT2D eigenvalue weighted by Gasteiger charge is 2.19. The van der Waals surface area contributed by atoms with Gasteiger partial charge in [-0.1, -0.05) is 344 Å². The van der Waals surface area contributed by atoms with Crippen LogP contribution in [0.1, 0.15) is 380 Å². The molecule has 0 aromatic heterocycles. The van der Waals surface area contributed by atoms with Gasteiger partial charge < -0.3 is 14.2 Å². The molecule has 0 radical (unpaired) electrons. The molecule has 0 amide bonds. The third kappa shape index (κ3) is 69.5. The van der Waals surface area contributed by atoms with Crippen molar-refractivity contribution in [3.05, 3.63) is 72.9 Å². The van der Waals surface area contributed by atoms with Gasteiger partial charge in [0.25, 0.3) is 0 Å². The molecule has 0 aliphatic rings. The minimum atomic E-state index is -0.786. The lowest BCUT2D eigenvalue weighted by Gasteiger charge is -2.18. The number of rotatable bonds is 67. The molecule has 6 heteroatoms. The Balaban J connectivity index is 4.29. The molecule has 1 atom stereocenters. The Hall–Kier alpha value is -3.15. The Bertz CT molecular complexity index is 1520. The molecule has 482 valence electrons. The van der Waals surface area contributed by atoms with Crippen LogP contribution in [-0.4, -0.2) is 37.2 Å². The quantitative estimate of drug-likeness (QED) is 0.0261. The molecule has 0 saturated carbocycles. The van der Waals surface area contributed by atoms with Crippen molar-refractivity contribution in [1.29, 1.82) is 0 Å². The summed E-state index contributed by atoms with van der Waals surface area (Å²) in [7, 11) is 0. The molecule has 0 aromatic rings. The fraction of sp³-hybridized carbons (Fsp3) is 0.805. The van der Waals surface area contributed by atoms with Gasteiger partial charge in [-0.05, 0) is 89.9 Å². The van der Waals surface area contributed by atoms with Gasteiger partial charge >= 0.3 is 17.9 Å². The first-order valence-electron chi connectivity index (χ1n) is 36.4. The Labute approximate surface area is 516 Å². The first-order valence-corrected chi connectivity index (χ1v) is 36.4. The number of unbranched alkanes of at least 4 members (excludes halogenated alkanes) is 44. The smallest absolute Gasteiger partial charge is 0.306 e. The second kappa shape index (κ2) is 71.3. The highest BCUT2D eigenvalue weighted by atomic mass is 16.6. The van der Waals surface area contributed by atoms with Crippen molar-refractivity contribution < 1.29 is 28.6 Å². The average molecular weight is 1160 g/mol. The molecule has 0 aliphatic carbocycles. The highest BCUT2D eigenvalue weighted by Crippen LogP contribution is 2.18. The number of carbonyl (C=O) groups excluding carboxylic acids is 3. The van der Waals surface area contributed by atoms with Crippen molar-refractivity contribution in [2.45, 2.75) is 386 Å². The van der Waals surface area contributed by atoms with E-state index >= 15 is 0 Å². The molecular weight excluding hydrogens is 1020 g/mol. The maximum atomic E-state index is 13.0. The lowest BCUT2D eigenvalue weighted by molar-refractivity contribution is -0.167. The number of allylic oxidation sites excluding steroid dienone is 12. The van der Waals surface area contributed by atoms with E-state index in [1.807, 2.05) is 0 Å². The van der Waals surface area contributed by atoms with Crippen molar-refractivity contribution in [3.63, 3.8) is 0 Å².